The van der Waals surface area contributed by atoms with Crippen LogP contribution in [0.2, 0.25) is 0 Å². The van der Waals surface area contributed by atoms with E-state index in [0.717, 1.165) is 0 Å². The van der Waals surface area contributed by atoms with E-state index in [2.05, 4.69) is 58.1 Å². The predicted molar refractivity (Wildman–Crippen MR) is 133 cm³/mol. The summed E-state index contributed by atoms with van der Waals surface area (Å²) in [5.74, 6) is 0.209. The largest absolute Gasteiger partial charge is 0.460 e. The Hall–Kier alpha value is -2.64. The minimum absolute atomic E-state index is 0.0937. The van der Waals surface area contributed by atoms with E-state index in [0.29, 0.717) is 55.3 Å². The summed E-state index contributed by atoms with van der Waals surface area (Å²) >= 11 is 9.71. The molecule has 0 radical (unpaired) electrons. The summed E-state index contributed by atoms with van der Waals surface area (Å²) in [6.45, 7) is 5.76. The van der Waals surface area contributed by atoms with Gasteiger partial charge >= 0.3 is 11.9 Å². The van der Waals surface area contributed by atoms with E-state index in [9.17, 15) is 9.59 Å². The highest BCUT2D eigenvalue weighted by Crippen LogP contribution is 2.31. The van der Waals surface area contributed by atoms with Crippen molar-refractivity contribution in [2.75, 3.05) is 13.2 Å². The van der Waals surface area contributed by atoms with Gasteiger partial charge in [-0.1, -0.05) is 26.2 Å². The average Bonchev–Trinajstić information content (AvgIpc) is 3.61. The van der Waals surface area contributed by atoms with Crippen molar-refractivity contribution in [2.24, 2.45) is 0 Å². The van der Waals surface area contributed by atoms with Crippen molar-refractivity contribution < 1.29 is 36.9 Å². The van der Waals surface area contributed by atoms with Crippen LogP contribution in [0.15, 0.2) is 51.5 Å². The molecule has 0 amide bonds. The summed E-state index contributed by atoms with van der Waals surface area (Å²) in [6.07, 6.45) is 0. The highest BCUT2D eigenvalue weighted by atomic mass is 79.9. The van der Waals surface area contributed by atoms with Crippen LogP contribution in [0, 0.1) is 6.92 Å². The molecule has 0 aromatic carbocycles. The van der Waals surface area contributed by atoms with Crippen LogP contribution < -0.4 is 0 Å². The third kappa shape index (κ3) is 6.33. The van der Waals surface area contributed by atoms with Gasteiger partial charge in [0.15, 0.2) is 32.2 Å². The molecule has 0 aliphatic rings. The number of alkyl halides is 1. The van der Waals surface area contributed by atoms with Gasteiger partial charge in [-0.05, 0) is 76.9 Å². The van der Waals surface area contributed by atoms with Gasteiger partial charge in [0.2, 0.25) is 11.5 Å². The van der Waals surface area contributed by atoms with Crippen molar-refractivity contribution >= 4 is 59.7 Å². The van der Waals surface area contributed by atoms with E-state index in [-0.39, 0.29) is 18.1 Å². The maximum atomic E-state index is 11.7. The topological polar surface area (TPSA) is 131 Å². The van der Waals surface area contributed by atoms with Gasteiger partial charge in [-0.15, -0.1) is 0 Å². The number of carbonyl (C=O) groups excluding carboxylic acids is 2. The Labute approximate surface area is 224 Å². The number of rotatable bonds is 7. The van der Waals surface area contributed by atoms with E-state index >= 15 is 0 Å². The molecule has 0 N–H and O–H groups in total. The predicted octanol–water partition coefficient (Wildman–Crippen LogP) is 6.95. The van der Waals surface area contributed by atoms with Crippen LogP contribution >= 0.6 is 47.8 Å². The SMILES string of the molecule is CCOC(=O)c1onc(-c2ccc(Br)o2)c1C.CCOC(=O)c1onc(-c2ccc(Br)o2)c1CBr. The highest BCUT2D eigenvalue weighted by molar-refractivity contribution is 9.10. The van der Waals surface area contributed by atoms with E-state index in [4.69, 9.17) is 27.4 Å². The zero-order valence-corrected chi connectivity index (χ0v) is 23.5. The lowest BCUT2D eigenvalue weighted by Crippen LogP contribution is -2.05. The van der Waals surface area contributed by atoms with Crippen LogP contribution in [-0.2, 0) is 14.8 Å². The molecule has 186 valence electrons. The zero-order valence-electron chi connectivity index (χ0n) is 18.7. The summed E-state index contributed by atoms with van der Waals surface area (Å²) in [7, 11) is 0. The molecule has 4 rings (SSSR count). The van der Waals surface area contributed by atoms with Gasteiger partial charge in [0.05, 0.1) is 13.2 Å². The van der Waals surface area contributed by atoms with Crippen molar-refractivity contribution in [3.63, 3.8) is 0 Å². The molecule has 0 saturated heterocycles. The first kappa shape index (κ1) is 27.0. The first-order chi connectivity index (χ1) is 16.8. The number of aromatic nitrogens is 2. The van der Waals surface area contributed by atoms with Gasteiger partial charge < -0.3 is 27.4 Å². The molecule has 0 aliphatic heterocycles. The van der Waals surface area contributed by atoms with Crippen LogP contribution in [0.4, 0.5) is 0 Å². The van der Waals surface area contributed by atoms with Crippen molar-refractivity contribution in [1.29, 1.82) is 0 Å². The average molecular weight is 679 g/mol. The number of esters is 2. The molecule has 4 heterocycles. The van der Waals surface area contributed by atoms with E-state index in [1.807, 2.05) is 0 Å². The second kappa shape index (κ2) is 12.4. The molecule has 0 bridgehead atoms. The quantitative estimate of drug-likeness (QED) is 0.149. The Kier molecular flexibility index (Phi) is 9.52. The monoisotopic (exact) mass is 676 g/mol. The number of hydrogen-bond donors (Lipinski definition) is 0. The second-order valence-electron chi connectivity index (χ2n) is 6.61. The molecule has 0 unspecified atom stereocenters. The Morgan fingerprint density at radius 1 is 0.829 bits per heavy atom. The fourth-order valence-corrected chi connectivity index (χ4v) is 3.95. The molecule has 0 spiro atoms. The Bertz CT molecular complexity index is 1300. The van der Waals surface area contributed by atoms with E-state index in [1.165, 1.54) is 0 Å². The van der Waals surface area contributed by atoms with E-state index < -0.39 is 11.9 Å². The van der Waals surface area contributed by atoms with Crippen molar-refractivity contribution in [1.82, 2.24) is 10.3 Å². The normalized spacial score (nSPS) is 10.6. The van der Waals surface area contributed by atoms with Crippen LogP contribution in [0.25, 0.3) is 22.9 Å². The molecule has 0 atom stereocenters. The number of nitrogens with zero attached hydrogens (tertiary/aromatic N) is 2. The van der Waals surface area contributed by atoms with Gasteiger partial charge in [-0.25, -0.2) is 9.59 Å². The summed E-state index contributed by atoms with van der Waals surface area (Å²) in [5, 5.41) is 8.08. The summed E-state index contributed by atoms with van der Waals surface area (Å²) in [6, 6.07) is 6.96. The number of carbonyl (C=O) groups is 2. The van der Waals surface area contributed by atoms with Gasteiger partial charge in [-0.3, -0.25) is 0 Å². The van der Waals surface area contributed by atoms with Gasteiger partial charge in [0, 0.05) is 16.5 Å². The third-order valence-electron chi connectivity index (χ3n) is 4.38. The first-order valence-electron chi connectivity index (χ1n) is 10.2. The third-order valence-corrected chi connectivity index (χ3v) is 5.79. The molecule has 4 aromatic rings. The second-order valence-corrected chi connectivity index (χ2v) is 8.73. The minimum atomic E-state index is -0.531. The number of halogens is 3. The lowest BCUT2D eigenvalue weighted by atomic mass is 10.2. The van der Waals surface area contributed by atoms with E-state index in [1.54, 1.807) is 45.0 Å². The van der Waals surface area contributed by atoms with Crippen molar-refractivity contribution in [2.45, 2.75) is 26.1 Å². The van der Waals surface area contributed by atoms with Crippen LogP contribution in [0.1, 0.15) is 46.1 Å². The molecule has 4 aromatic heterocycles. The van der Waals surface area contributed by atoms with Gasteiger partial charge in [0.25, 0.3) is 0 Å². The Balaban J connectivity index is 0.000000196. The fraction of sp³-hybridized carbons (Fsp3) is 0.273. The number of furan rings is 2. The fourth-order valence-electron chi connectivity index (χ4n) is 2.82. The molecule has 0 saturated carbocycles. The lowest BCUT2D eigenvalue weighted by Gasteiger charge is -1.99. The van der Waals surface area contributed by atoms with Crippen LogP contribution in [-0.4, -0.2) is 35.5 Å². The standard InChI is InChI=1S/C11H9Br2NO4.C11H10BrNO4/c1-2-16-11(15)10-6(5-12)9(14-18-10)7-3-4-8(13)17-7;1-3-15-11(14)10-6(2)9(13-17-10)7-4-5-8(12)16-7/h3-4H,2,5H2,1H3;4-5H,3H2,1-2H3. The van der Waals surface area contributed by atoms with Gasteiger partial charge in [-0.2, -0.15) is 0 Å². The lowest BCUT2D eigenvalue weighted by molar-refractivity contribution is 0.0470. The molecule has 0 aliphatic carbocycles. The Morgan fingerprint density at radius 2 is 1.31 bits per heavy atom. The number of ether oxygens (including phenoxy) is 2. The molecular weight excluding hydrogens is 660 g/mol. The maximum absolute atomic E-state index is 11.7. The zero-order chi connectivity index (χ0) is 25.5. The molecule has 0 fully saturated rings. The summed E-state index contributed by atoms with van der Waals surface area (Å²) in [4.78, 5) is 23.2. The maximum Gasteiger partial charge on any atom is 0.377 e. The van der Waals surface area contributed by atoms with Crippen molar-refractivity contribution in [3.8, 4) is 22.9 Å². The van der Waals surface area contributed by atoms with Crippen LogP contribution in [0.3, 0.4) is 0 Å². The van der Waals surface area contributed by atoms with Gasteiger partial charge in [0.1, 0.15) is 0 Å². The van der Waals surface area contributed by atoms with Crippen molar-refractivity contribution in [3.05, 3.63) is 56.3 Å². The summed E-state index contributed by atoms with van der Waals surface area (Å²) in [5.41, 5.74) is 2.19. The smallest absolute Gasteiger partial charge is 0.377 e. The molecular formula is C22H19Br3N2O8. The molecule has 35 heavy (non-hydrogen) atoms. The van der Waals surface area contributed by atoms with Crippen LogP contribution in [0.5, 0.6) is 0 Å². The first-order valence-corrected chi connectivity index (χ1v) is 12.9. The summed E-state index contributed by atoms with van der Waals surface area (Å²) < 4.78 is 31.7. The molecule has 10 nitrogen and oxygen atoms in total. The Morgan fingerprint density at radius 3 is 1.80 bits per heavy atom. The molecule has 13 heteroatoms. The highest BCUT2D eigenvalue weighted by Gasteiger charge is 2.25. The number of hydrogen-bond acceptors (Lipinski definition) is 10. The minimum Gasteiger partial charge on any atom is -0.460 e.